The van der Waals surface area contributed by atoms with Crippen LogP contribution in [0.2, 0.25) is 10.0 Å². The molecule has 7 heteroatoms. The summed E-state index contributed by atoms with van der Waals surface area (Å²) in [6.07, 6.45) is 4.21. The summed E-state index contributed by atoms with van der Waals surface area (Å²) in [7, 11) is 1.42. The molecule has 0 saturated carbocycles. The monoisotopic (exact) mass is 431 g/mol. The highest BCUT2D eigenvalue weighted by Gasteiger charge is 2.27. The molecule has 1 atom stereocenters. The summed E-state index contributed by atoms with van der Waals surface area (Å²) in [5, 5.41) is 10.7. The number of ether oxygens (including phenoxy) is 2. The molecule has 150 valence electrons. The lowest BCUT2D eigenvalue weighted by molar-refractivity contribution is -0.108. The summed E-state index contributed by atoms with van der Waals surface area (Å²) in [5.41, 5.74) is 2.00. The van der Waals surface area contributed by atoms with E-state index < -0.39 is 5.92 Å². The molecule has 0 radical (unpaired) electrons. The molecule has 1 aromatic heterocycles. The molecule has 1 unspecified atom stereocenters. The Bertz CT molecular complexity index is 975. The van der Waals surface area contributed by atoms with Crippen molar-refractivity contribution in [2.24, 2.45) is 0 Å². The van der Waals surface area contributed by atoms with Crippen molar-refractivity contribution < 1.29 is 19.4 Å². The number of aldehydes is 1. The van der Waals surface area contributed by atoms with Crippen LogP contribution in [-0.4, -0.2) is 30.1 Å². The fourth-order valence-electron chi connectivity index (χ4n) is 3.09. The molecule has 29 heavy (non-hydrogen) atoms. The normalized spacial score (nSPS) is 11.7. The van der Waals surface area contributed by atoms with Gasteiger partial charge in [-0.25, -0.2) is 0 Å². The van der Waals surface area contributed by atoms with Gasteiger partial charge in [-0.05, 0) is 11.6 Å². The Morgan fingerprint density at radius 2 is 1.76 bits per heavy atom. The van der Waals surface area contributed by atoms with Crippen molar-refractivity contribution >= 4 is 29.5 Å². The lowest BCUT2D eigenvalue weighted by atomic mass is 9.92. The Morgan fingerprint density at radius 3 is 2.38 bits per heavy atom. The first-order valence-electron chi connectivity index (χ1n) is 8.87. The Kier molecular flexibility index (Phi) is 6.96. The zero-order valence-corrected chi connectivity index (χ0v) is 17.2. The number of hydrogen-bond acceptors (Lipinski definition) is 5. The maximum absolute atomic E-state index is 12.0. The summed E-state index contributed by atoms with van der Waals surface area (Å²) in [6.45, 7) is 0.320. The van der Waals surface area contributed by atoms with E-state index in [1.807, 2.05) is 30.3 Å². The van der Waals surface area contributed by atoms with Gasteiger partial charge in [-0.1, -0.05) is 59.6 Å². The van der Waals surface area contributed by atoms with Crippen LogP contribution in [0.4, 0.5) is 0 Å². The zero-order valence-electron chi connectivity index (χ0n) is 15.6. The molecule has 1 N–H and O–H groups in total. The van der Waals surface area contributed by atoms with Crippen molar-refractivity contribution in [2.75, 3.05) is 13.7 Å². The van der Waals surface area contributed by atoms with Gasteiger partial charge in [0.2, 0.25) is 5.75 Å². The van der Waals surface area contributed by atoms with E-state index in [1.165, 1.54) is 25.6 Å². The molecule has 3 rings (SSSR count). The van der Waals surface area contributed by atoms with Crippen LogP contribution < -0.4 is 9.47 Å². The molecule has 0 amide bonds. The second kappa shape index (κ2) is 9.63. The van der Waals surface area contributed by atoms with Crippen molar-refractivity contribution in [3.63, 3.8) is 0 Å². The molecule has 0 aliphatic carbocycles. The predicted molar refractivity (Wildman–Crippen MR) is 112 cm³/mol. The number of hydrogen-bond donors (Lipinski definition) is 1. The molecule has 2 aromatic carbocycles. The van der Waals surface area contributed by atoms with Crippen LogP contribution >= 0.6 is 23.2 Å². The highest BCUT2D eigenvalue weighted by atomic mass is 35.5. The van der Waals surface area contributed by atoms with Crippen LogP contribution in [0.3, 0.4) is 0 Å². The SMILES string of the molecule is COc1c(O)ccc(C(C=O)c2c(Cl)cncc2Cl)c1OCCc1ccccc1. The molecule has 0 spiro atoms. The quantitative estimate of drug-likeness (QED) is 0.505. The second-order valence-electron chi connectivity index (χ2n) is 6.25. The van der Waals surface area contributed by atoms with Gasteiger partial charge in [0.25, 0.3) is 0 Å². The molecular weight excluding hydrogens is 413 g/mol. The minimum atomic E-state index is -0.820. The Balaban J connectivity index is 2.00. The summed E-state index contributed by atoms with van der Waals surface area (Å²) in [6, 6.07) is 12.9. The molecule has 1 heterocycles. The fourth-order valence-corrected chi connectivity index (χ4v) is 3.69. The van der Waals surface area contributed by atoms with Gasteiger partial charge in [0, 0.05) is 29.9 Å². The Hall–Kier alpha value is -2.76. The van der Waals surface area contributed by atoms with Gasteiger partial charge in [-0.15, -0.1) is 0 Å². The molecule has 0 bridgehead atoms. The van der Waals surface area contributed by atoms with Crippen molar-refractivity contribution in [3.8, 4) is 17.2 Å². The van der Waals surface area contributed by atoms with Gasteiger partial charge in [0.15, 0.2) is 11.5 Å². The Labute approximate surface area is 178 Å². The first-order chi connectivity index (χ1) is 14.1. The number of rotatable bonds is 8. The first kappa shape index (κ1) is 21.0. The minimum Gasteiger partial charge on any atom is -0.504 e. The van der Waals surface area contributed by atoms with Crippen LogP contribution in [0.5, 0.6) is 17.2 Å². The van der Waals surface area contributed by atoms with E-state index in [4.69, 9.17) is 32.7 Å². The number of methoxy groups -OCH3 is 1. The van der Waals surface area contributed by atoms with Crippen LogP contribution in [-0.2, 0) is 11.2 Å². The fraction of sp³-hybridized carbons (Fsp3) is 0.182. The maximum Gasteiger partial charge on any atom is 0.203 e. The second-order valence-corrected chi connectivity index (χ2v) is 7.07. The number of aromatic nitrogens is 1. The van der Waals surface area contributed by atoms with Crippen LogP contribution in [0.1, 0.15) is 22.6 Å². The smallest absolute Gasteiger partial charge is 0.203 e. The van der Waals surface area contributed by atoms with Gasteiger partial charge in [0.05, 0.1) is 29.7 Å². The Morgan fingerprint density at radius 1 is 1.07 bits per heavy atom. The van der Waals surface area contributed by atoms with E-state index in [9.17, 15) is 9.90 Å². The highest BCUT2D eigenvalue weighted by molar-refractivity contribution is 6.36. The van der Waals surface area contributed by atoms with E-state index in [1.54, 1.807) is 6.07 Å². The largest absolute Gasteiger partial charge is 0.504 e. The van der Waals surface area contributed by atoms with E-state index in [-0.39, 0.29) is 27.3 Å². The molecule has 3 aromatic rings. The lowest BCUT2D eigenvalue weighted by Gasteiger charge is -2.21. The average molecular weight is 432 g/mol. The number of benzene rings is 2. The number of pyridine rings is 1. The van der Waals surface area contributed by atoms with E-state index >= 15 is 0 Å². The van der Waals surface area contributed by atoms with Gasteiger partial charge < -0.3 is 19.4 Å². The maximum atomic E-state index is 12.0. The minimum absolute atomic E-state index is 0.0949. The van der Waals surface area contributed by atoms with Crippen molar-refractivity contribution in [2.45, 2.75) is 12.3 Å². The van der Waals surface area contributed by atoms with Gasteiger partial charge in [0.1, 0.15) is 6.29 Å². The molecule has 5 nitrogen and oxygen atoms in total. The number of carbonyl (C=O) groups is 1. The topological polar surface area (TPSA) is 68.7 Å². The molecule has 0 aliphatic rings. The summed E-state index contributed by atoms with van der Waals surface area (Å²) in [4.78, 5) is 16.0. The first-order valence-corrected chi connectivity index (χ1v) is 9.63. The number of halogens is 2. The number of nitrogens with zero attached hydrogens (tertiary/aromatic N) is 1. The molecule has 0 aliphatic heterocycles. The predicted octanol–water partition coefficient (Wildman–Crippen LogP) is 5.05. The third kappa shape index (κ3) is 4.63. The average Bonchev–Trinajstić information content (AvgIpc) is 2.72. The van der Waals surface area contributed by atoms with Crippen molar-refractivity contribution in [1.29, 1.82) is 0 Å². The summed E-state index contributed by atoms with van der Waals surface area (Å²) >= 11 is 12.5. The van der Waals surface area contributed by atoms with E-state index in [0.29, 0.717) is 24.2 Å². The van der Waals surface area contributed by atoms with Crippen molar-refractivity contribution in [1.82, 2.24) is 4.98 Å². The van der Waals surface area contributed by atoms with Crippen LogP contribution in [0.25, 0.3) is 0 Å². The van der Waals surface area contributed by atoms with Crippen molar-refractivity contribution in [3.05, 3.63) is 81.6 Å². The van der Waals surface area contributed by atoms with Gasteiger partial charge in [-0.3, -0.25) is 4.98 Å². The summed E-state index contributed by atoms with van der Waals surface area (Å²) in [5.74, 6) is -0.505. The van der Waals surface area contributed by atoms with E-state index in [0.717, 1.165) is 11.8 Å². The third-order valence-corrected chi connectivity index (χ3v) is 5.08. The lowest BCUT2D eigenvalue weighted by Crippen LogP contribution is -2.10. The number of carbonyl (C=O) groups excluding carboxylic acids is 1. The molecule has 0 saturated heterocycles. The standard InChI is InChI=1S/C22H19Cl2NO4/c1-28-22-19(27)8-7-15(16(13-26)20-17(23)11-25-12-18(20)24)21(22)29-10-9-14-5-3-2-4-6-14/h2-8,11-13,16,27H,9-10H2,1H3. The van der Waals surface area contributed by atoms with Gasteiger partial charge >= 0.3 is 0 Å². The third-order valence-electron chi connectivity index (χ3n) is 4.48. The number of phenolic OH excluding ortho intramolecular Hbond substituents is 1. The van der Waals surface area contributed by atoms with Crippen LogP contribution in [0.15, 0.2) is 54.9 Å². The van der Waals surface area contributed by atoms with Gasteiger partial charge in [-0.2, -0.15) is 0 Å². The molecule has 0 fully saturated rings. The zero-order chi connectivity index (χ0) is 20.8. The molecular formula is C22H19Cl2NO4. The van der Waals surface area contributed by atoms with Crippen LogP contribution in [0, 0.1) is 0 Å². The summed E-state index contributed by atoms with van der Waals surface area (Å²) < 4.78 is 11.3. The number of aromatic hydroxyl groups is 1. The highest BCUT2D eigenvalue weighted by Crippen LogP contribution is 2.45. The number of phenols is 1. The van der Waals surface area contributed by atoms with E-state index in [2.05, 4.69) is 4.98 Å².